The van der Waals surface area contributed by atoms with E-state index in [4.69, 9.17) is 10.00 Å². The summed E-state index contributed by atoms with van der Waals surface area (Å²) in [5.74, 6) is -0.236. The van der Waals surface area contributed by atoms with E-state index in [0.29, 0.717) is 6.42 Å². The second-order valence-electron chi connectivity index (χ2n) is 4.53. The summed E-state index contributed by atoms with van der Waals surface area (Å²) in [7, 11) is 1.68. The molecule has 0 aromatic carbocycles. The van der Waals surface area contributed by atoms with Gasteiger partial charge in [-0.1, -0.05) is 13.3 Å². The standard InChI is InChI=1S/C12H21NO2/c1-3-5-10(9-13)12(14)7-4-6-11(8-12)15-2/h10-11,14H,3-8H2,1-2H3. The van der Waals surface area contributed by atoms with Gasteiger partial charge in [-0.05, 0) is 25.7 Å². The van der Waals surface area contributed by atoms with Crippen LogP contribution in [0.25, 0.3) is 0 Å². The Bertz CT molecular complexity index is 236. The van der Waals surface area contributed by atoms with Crippen LogP contribution < -0.4 is 0 Å². The highest BCUT2D eigenvalue weighted by Crippen LogP contribution is 2.37. The average molecular weight is 211 g/mol. The molecule has 3 heteroatoms. The van der Waals surface area contributed by atoms with Crippen molar-refractivity contribution in [3.8, 4) is 6.07 Å². The van der Waals surface area contributed by atoms with E-state index in [1.165, 1.54) is 0 Å². The number of nitriles is 1. The van der Waals surface area contributed by atoms with Gasteiger partial charge in [-0.25, -0.2) is 0 Å². The van der Waals surface area contributed by atoms with Crippen LogP contribution in [0.2, 0.25) is 0 Å². The van der Waals surface area contributed by atoms with Crippen molar-refractivity contribution >= 4 is 0 Å². The molecule has 1 aliphatic carbocycles. The maximum atomic E-state index is 10.5. The SMILES string of the molecule is CCCC(C#N)C1(O)CCCC(OC)C1. The molecule has 1 N–H and O–H groups in total. The number of ether oxygens (including phenoxy) is 1. The van der Waals surface area contributed by atoms with Crippen LogP contribution in [0.1, 0.15) is 45.4 Å². The van der Waals surface area contributed by atoms with Gasteiger partial charge in [-0.2, -0.15) is 5.26 Å². The van der Waals surface area contributed by atoms with E-state index in [0.717, 1.165) is 32.1 Å². The van der Waals surface area contributed by atoms with Crippen LogP contribution in [0, 0.1) is 17.2 Å². The number of hydrogen-bond acceptors (Lipinski definition) is 3. The van der Waals surface area contributed by atoms with Gasteiger partial charge < -0.3 is 9.84 Å². The highest BCUT2D eigenvalue weighted by molar-refractivity contribution is 5.01. The fraction of sp³-hybridized carbons (Fsp3) is 0.917. The molecular weight excluding hydrogens is 190 g/mol. The Balaban J connectivity index is 2.66. The fourth-order valence-electron chi connectivity index (χ4n) is 2.49. The normalized spacial score (nSPS) is 33.3. The Hall–Kier alpha value is -0.590. The molecular formula is C12H21NO2. The molecule has 15 heavy (non-hydrogen) atoms. The lowest BCUT2D eigenvalue weighted by atomic mass is 9.73. The summed E-state index contributed by atoms with van der Waals surface area (Å²) in [6.45, 7) is 2.05. The van der Waals surface area contributed by atoms with Crippen molar-refractivity contribution in [2.24, 2.45) is 5.92 Å². The maximum Gasteiger partial charge on any atom is 0.0829 e. The molecule has 3 unspecified atom stereocenters. The van der Waals surface area contributed by atoms with Gasteiger partial charge in [0.15, 0.2) is 0 Å². The number of aliphatic hydroxyl groups is 1. The third-order valence-corrected chi connectivity index (χ3v) is 3.43. The van der Waals surface area contributed by atoms with Crippen molar-refractivity contribution in [1.82, 2.24) is 0 Å². The molecule has 3 atom stereocenters. The average Bonchev–Trinajstić information content (AvgIpc) is 2.25. The van der Waals surface area contributed by atoms with Gasteiger partial charge in [-0.15, -0.1) is 0 Å². The summed E-state index contributed by atoms with van der Waals surface area (Å²) in [5.41, 5.74) is -0.816. The van der Waals surface area contributed by atoms with Gasteiger partial charge >= 0.3 is 0 Å². The van der Waals surface area contributed by atoms with Gasteiger partial charge in [-0.3, -0.25) is 0 Å². The zero-order valence-corrected chi connectivity index (χ0v) is 9.70. The minimum atomic E-state index is -0.816. The van der Waals surface area contributed by atoms with E-state index in [1.807, 2.05) is 6.92 Å². The predicted octanol–water partition coefficient (Wildman–Crippen LogP) is 2.25. The zero-order chi connectivity index (χ0) is 11.3. The summed E-state index contributed by atoms with van der Waals surface area (Å²) in [6, 6.07) is 2.25. The van der Waals surface area contributed by atoms with Gasteiger partial charge in [0, 0.05) is 13.5 Å². The van der Waals surface area contributed by atoms with Crippen molar-refractivity contribution in [1.29, 1.82) is 5.26 Å². The van der Waals surface area contributed by atoms with Crippen molar-refractivity contribution in [3.63, 3.8) is 0 Å². The Morgan fingerprint density at radius 1 is 1.67 bits per heavy atom. The number of rotatable bonds is 4. The second kappa shape index (κ2) is 5.48. The monoisotopic (exact) mass is 211 g/mol. The molecule has 0 aromatic rings. The molecule has 1 rings (SSSR count). The molecule has 1 fully saturated rings. The molecule has 86 valence electrons. The van der Waals surface area contributed by atoms with Crippen molar-refractivity contribution < 1.29 is 9.84 Å². The molecule has 1 aliphatic rings. The van der Waals surface area contributed by atoms with Gasteiger partial charge in [0.2, 0.25) is 0 Å². The molecule has 0 aliphatic heterocycles. The van der Waals surface area contributed by atoms with E-state index in [1.54, 1.807) is 7.11 Å². The smallest absolute Gasteiger partial charge is 0.0829 e. The third-order valence-electron chi connectivity index (χ3n) is 3.43. The zero-order valence-electron chi connectivity index (χ0n) is 9.70. The van der Waals surface area contributed by atoms with Gasteiger partial charge in [0.1, 0.15) is 0 Å². The fourth-order valence-corrected chi connectivity index (χ4v) is 2.49. The molecule has 0 bridgehead atoms. The first-order chi connectivity index (χ1) is 7.16. The van der Waals surface area contributed by atoms with Crippen LogP contribution in [-0.4, -0.2) is 23.9 Å². The lowest BCUT2D eigenvalue weighted by molar-refractivity contribution is -0.0829. The summed E-state index contributed by atoms with van der Waals surface area (Å²) in [5, 5.41) is 19.5. The quantitative estimate of drug-likeness (QED) is 0.776. The third kappa shape index (κ3) is 2.93. The maximum absolute atomic E-state index is 10.5. The first kappa shape index (κ1) is 12.5. The first-order valence-electron chi connectivity index (χ1n) is 5.81. The molecule has 0 amide bonds. The number of methoxy groups -OCH3 is 1. The highest BCUT2D eigenvalue weighted by Gasteiger charge is 2.40. The molecule has 0 radical (unpaired) electrons. The van der Waals surface area contributed by atoms with Crippen LogP contribution in [0.5, 0.6) is 0 Å². The van der Waals surface area contributed by atoms with Crippen LogP contribution in [0.3, 0.4) is 0 Å². The van der Waals surface area contributed by atoms with E-state index in [-0.39, 0.29) is 12.0 Å². The Kier molecular flexibility index (Phi) is 4.56. The number of nitrogens with zero attached hydrogens (tertiary/aromatic N) is 1. The summed E-state index contributed by atoms with van der Waals surface area (Å²) in [6.07, 6.45) is 5.16. The minimum Gasteiger partial charge on any atom is -0.388 e. The van der Waals surface area contributed by atoms with Gasteiger partial charge in [0.05, 0.1) is 23.7 Å². The van der Waals surface area contributed by atoms with Crippen LogP contribution in [-0.2, 0) is 4.74 Å². The van der Waals surface area contributed by atoms with Gasteiger partial charge in [0.25, 0.3) is 0 Å². The summed E-state index contributed by atoms with van der Waals surface area (Å²) >= 11 is 0. The number of hydrogen-bond donors (Lipinski definition) is 1. The van der Waals surface area contributed by atoms with Crippen LogP contribution in [0.4, 0.5) is 0 Å². The molecule has 0 aromatic heterocycles. The minimum absolute atomic E-state index is 0.122. The van der Waals surface area contributed by atoms with E-state index >= 15 is 0 Å². The molecule has 0 spiro atoms. The van der Waals surface area contributed by atoms with E-state index < -0.39 is 5.60 Å². The van der Waals surface area contributed by atoms with Crippen molar-refractivity contribution in [2.45, 2.75) is 57.2 Å². The molecule has 3 nitrogen and oxygen atoms in total. The predicted molar refractivity (Wildman–Crippen MR) is 58.2 cm³/mol. The first-order valence-corrected chi connectivity index (χ1v) is 5.81. The topological polar surface area (TPSA) is 53.2 Å². The van der Waals surface area contributed by atoms with Crippen LogP contribution in [0.15, 0.2) is 0 Å². The largest absolute Gasteiger partial charge is 0.388 e. The molecule has 1 saturated carbocycles. The van der Waals surface area contributed by atoms with Crippen molar-refractivity contribution in [3.05, 3.63) is 0 Å². The Morgan fingerprint density at radius 2 is 2.40 bits per heavy atom. The summed E-state index contributed by atoms with van der Waals surface area (Å²) < 4.78 is 5.29. The lowest BCUT2D eigenvalue weighted by Crippen LogP contribution is -2.44. The Morgan fingerprint density at radius 3 is 2.93 bits per heavy atom. The molecule has 0 saturated heterocycles. The van der Waals surface area contributed by atoms with Crippen molar-refractivity contribution in [2.75, 3.05) is 7.11 Å². The van der Waals surface area contributed by atoms with E-state index in [2.05, 4.69) is 6.07 Å². The molecule has 0 heterocycles. The second-order valence-corrected chi connectivity index (χ2v) is 4.53. The summed E-state index contributed by atoms with van der Waals surface area (Å²) in [4.78, 5) is 0. The van der Waals surface area contributed by atoms with E-state index in [9.17, 15) is 5.11 Å². The lowest BCUT2D eigenvalue weighted by Gasteiger charge is -2.39. The van der Waals surface area contributed by atoms with Crippen LogP contribution >= 0.6 is 0 Å². The Labute approximate surface area is 92.0 Å². The highest BCUT2D eigenvalue weighted by atomic mass is 16.5.